The molecule has 0 unspecified atom stereocenters. The molecule has 0 radical (unpaired) electrons. The molecule has 112 valence electrons. The molecule has 5 nitrogen and oxygen atoms in total. The number of benzene rings is 1. The summed E-state index contributed by atoms with van der Waals surface area (Å²) < 4.78 is 21.7. The van der Waals surface area contributed by atoms with E-state index in [0.717, 1.165) is 5.56 Å². The molecule has 1 N–H and O–H groups in total. The van der Waals surface area contributed by atoms with Gasteiger partial charge in [0, 0.05) is 13.0 Å². The van der Waals surface area contributed by atoms with Gasteiger partial charge in [0.1, 0.15) is 0 Å². The number of aromatic hydroxyl groups is 1. The highest BCUT2D eigenvalue weighted by Crippen LogP contribution is 2.46. The number of hydrogen-bond donors (Lipinski definition) is 1. The Hall–Kier alpha value is -1.46. The maximum atomic E-state index is 9.96. The van der Waals surface area contributed by atoms with Gasteiger partial charge in [0.2, 0.25) is 5.75 Å². The minimum absolute atomic E-state index is 0.000685. The van der Waals surface area contributed by atoms with E-state index in [1.54, 1.807) is 19.2 Å². The molecular weight excluding hydrogens is 260 g/mol. The van der Waals surface area contributed by atoms with Gasteiger partial charge in [0.15, 0.2) is 17.8 Å². The van der Waals surface area contributed by atoms with Gasteiger partial charge in [-0.25, -0.2) is 0 Å². The lowest BCUT2D eigenvalue weighted by Crippen LogP contribution is -2.17. The lowest BCUT2D eigenvalue weighted by molar-refractivity contribution is -0.130. The number of phenols is 1. The van der Waals surface area contributed by atoms with Crippen LogP contribution < -0.4 is 9.47 Å². The molecule has 0 bridgehead atoms. The monoisotopic (exact) mass is 282 g/mol. The summed E-state index contributed by atoms with van der Waals surface area (Å²) in [6, 6.07) is 3.56. The van der Waals surface area contributed by atoms with Crippen molar-refractivity contribution >= 4 is 0 Å². The molecule has 1 aromatic carbocycles. The molecule has 1 aliphatic heterocycles. The van der Waals surface area contributed by atoms with Crippen molar-refractivity contribution in [1.29, 1.82) is 0 Å². The summed E-state index contributed by atoms with van der Waals surface area (Å²) in [6.07, 6.45) is -0.334. The van der Waals surface area contributed by atoms with Gasteiger partial charge in [0.25, 0.3) is 0 Å². The van der Waals surface area contributed by atoms with Crippen molar-refractivity contribution in [3.8, 4) is 17.2 Å². The van der Waals surface area contributed by atoms with E-state index in [9.17, 15) is 5.11 Å². The van der Waals surface area contributed by atoms with Crippen LogP contribution in [0.2, 0.25) is 0 Å². The lowest BCUT2D eigenvalue weighted by Gasteiger charge is -2.18. The van der Waals surface area contributed by atoms with Gasteiger partial charge in [-0.3, -0.25) is 0 Å². The summed E-state index contributed by atoms with van der Waals surface area (Å²) in [4.78, 5) is 0. The first-order valence-corrected chi connectivity index (χ1v) is 6.66. The SMILES string of the molecule is COc1cc([C@H]2O[C@H](OC)[C@H](C)[C@H]2C)cc(OC)c1O. The molecule has 1 fully saturated rings. The number of hydrogen-bond acceptors (Lipinski definition) is 5. The zero-order valence-corrected chi connectivity index (χ0v) is 12.5. The topological polar surface area (TPSA) is 57.2 Å². The van der Waals surface area contributed by atoms with Crippen LogP contribution in [0.3, 0.4) is 0 Å². The molecule has 1 saturated heterocycles. The number of rotatable bonds is 4. The first-order chi connectivity index (χ1) is 9.53. The highest BCUT2D eigenvalue weighted by molar-refractivity contribution is 5.53. The first kappa shape index (κ1) is 14.9. The van der Waals surface area contributed by atoms with Crippen LogP contribution in [-0.2, 0) is 9.47 Å². The summed E-state index contributed by atoms with van der Waals surface area (Å²) in [5, 5.41) is 9.96. The first-order valence-electron chi connectivity index (χ1n) is 6.66. The van der Waals surface area contributed by atoms with Crippen LogP contribution in [0.25, 0.3) is 0 Å². The van der Waals surface area contributed by atoms with Gasteiger partial charge >= 0.3 is 0 Å². The summed E-state index contributed by atoms with van der Waals surface area (Å²) in [5.74, 6) is 1.34. The minimum Gasteiger partial charge on any atom is -0.502 e. The Bertz CT molecular complexity index is 448. The average Bonchev–Trinajstić information content (AvgIpc) is 2.75. The van der Waals surface area contributed by atoms with E-state index in [0.29, 0.717) is 17.4 Å². The molecule has 1 aliphatic rings. The Labute approximate surface area is 119 Å². The fourth-order valence-electron chi connectivity index (χ4n) is 2.65. The standard InChI is InChI=1S/C15H22O5/c1-8-9(2)15(19-5)20-14(8)10-6-11(17-3)13(16)12(7-10)18-4/h6-9,14-16H,1-5H3/t8-,9-,14+,15+/m1/s1. The molecule has 1 aromatic rings. The third-order valence-electron chi connectivity index (χ3n) is 4.08. The molecule has 4 atom stereocenters. The quantitative estimate of drug-likeness (QED) is 0.920. The van der Waals surface area contributed by atoms with Gasteiger partial charge in [-0.2, -0.15) is 0 Å². The van der Waals surface area contributed by atoms with Gasteiger partial charge in [0.05, 0.1) is 20.3 Å². The normalized spacial score (nSPS) is 29.4. The van der Waals surface area contributed by atoms with Crippen molar-refractivity contribution in [3.05, 3.63) is 17.7 Å². The molecule has 0 spiro atoms. The molecule has 0 aliphatic carbocycles. The second-order valence-corrected chi connectivity index (χ2v) is 5.15. The van der Waals surface area contributed by atoms with E-state index < -0.39 is 0 Å². The molecule has 20 heavy (non-hydrogen) atoms. The summed E-state index contributed by atoms with van der Waals surface area (Å²) in [7, 11) is 4.67. The summed E-state index contributed by atoms with van der Waals surface area (Å²) >= 11 is 0. The van der Waals surface area contributed by atoms with Crippen LogP contribution in [0.4, 0.5) is 0 Å². The predicted octanol–water partition coefficient (Wildman–Crippen LogP) is 2.73. The Morgan fingerprint density at radius 3 is 1.95 bits per heavy atom. The largest absolute Gasteiger partial charge is 0.502 e. The molecular formula is C15H22O5. The average molecular weight is 282 g/mol. The summed E-state index contributed by atoms with van der Waals surface area (Å²) in [5.41, 5.74) is 0.912. The van der Waals surface area contributed by atoms with E-state index in [2.05, 4.69) is 13.8 Å². The van der Waals surface area contributed by atoms with Crippen LogP contribution >= 0.6 is 0 Å². The zero-order chi connectivity index (χ0) is 14.9. The number of ether oxygens (including phenoxy) is 4. The van der Waals surface area contributed by atoms with Gasteiger partial charge in [-0.05, 0) is 23.6 Å². The van der Waals surface area contributed by atoms with Crippen molar-refractivity contribution in [2.24, 2.45) is 11.8 Å². The molecule has 2 rings (SSSR count). The van der Waals surface area contributed by atoms with Gasteiger partial charge in [-0.15, -0.1) is 0 Å². The maximum Gasteiger partial charge on any atom is 0.200 e. The molecule has 1 heterocycles. The third kappa shape index (κ3) is 2.43. The number of phenolic OH excluding ortho intramolecular Hbond substituents is 1. The van der Waals surface area contributed by atoms with Crippen molar-refractivity contribution in [1.82, 2.24) is 0 Å². The van der Waals surface area contributed by atoms with Crippen molar-refractivity contribution in [2.75, 3.05) is 21.3 Å². The predicted molar refractivity (Wildman–Crippen MR) is 74.2 cm³/mol. The van der Waals surface area contributed by atoms with Gasteiger partial charge in [-0.1, -0.05) is 13.8 Å². The molecule has 0 saturated carbocycles. The Morgan fingerprint density at radius 2 is 1.55 bits per heavy atom. The van der Waals surface area contributed by atoms with Crippen molar-refractivity contribution in [2.45, 2.75) is 26.2 Å². The third-order valence-corrected chi connectivity index (χ3v) is 4.08. The zero-order valence-electron chi connectivity index (χ0n) is 12.5. The van der Waals surface area contributed by atoms with E-state index in [4.69, 9.17) is 18.9 Å². The van der Waals surface area contributed by atoms with Gasteiger partial charge < -0.3 is 24.1 Å². The highest BCUT2D eigenvalue weighted by Gasteiger charge is 2.40. The minimum atomic E-state index is -0.221. The van der Waals surface area contributed by atoms with E-state index in [1.807, 2.05) is 0 Å². The van der Waals surface area contributed by atoms with Crippen LogP contribution in [0.15, 0.2) is 12.1 Å². The fraction of sp³-hybridized carbons (Fsp3) is 0.600. The Kier molecular flexibility index (Phi) is 4.40. The molecule has 5 heteroatoms. The second-order valence-electron chi connectivity index (χ2n) is 5.15. The van der Waals surface area contributed by atoms with E-state index in [1.165, 1.54) is 14.2 Å². The maximum absolute atomic E-state index is 9.96. The van der Waals surface area contributed by atoms with Crippen molar-refractivity contribution < 1.29 is 24.1 Å². The molecule has 0 aromatic heterocycles. The van der Waals surface area contributed by atoms with Crippen LogP contribution in [0.5, 0.6) is 17.2 Å². The summed E-state index contributed by atoms with van der Waals surface area (Å²) in [6.45, 7) is 4.23. The second kappa shape index (κ2) is 5.89. The highest BCUT2D eigenvalue weighted by atomic mass is 16.7. The lowest BCUT2D eigenvalue weighted by atomic mass is 9.89. The Morgan fingerprint density at radius 1 is 1.00 bits per heavy atom. The fourth-order valence-corrected chi connectivity index (χ4v) is 2.65. The smallest absolute Gasteiger partial charge is 0.200 e. The molecule has 0 amide bonds. The number of methoxy groups -OCH3 is 3. The van der Waals surface area contributed by atoms with E-state index >= 15 is 0 Å². The van der Waals surface area contributed by atoms with Crippen LogP contribution in [0, 0.1) is 11.8 Å². The van der Waals surface area contributed by atoms with Crippen LogP contribution in [-0.4, -0.2) is 32.7 Å². The van der Waals surface area contributed by atoms with Crippen molar-refractivity contribution in [3.63, 3.8) is 0 Å². The van der Waals surface area contributed by atoms with Crippen LogP contribution in [0.1, 0.15) is 25.5 Å². The van der Waals surface area contributed by atoms with E-state index in [-0.39, 0.29) is 24.1 Å². The Balaban J connectivity index is 2.38.